The molecule has 144 valence electrons. The summed E-state index contributed by atoms with van der Waals surface area (Å²) in [5.74, 6) is 0.548. The van der Waals surface area contributed by atoms with E-state index in [1.807, 2.05) is 60.7 Å². The summed E-state index contributed by atoms with van der Waals surface area (Å²) in [6, 6.07) is 18.9. The summed E-state index contributed by atoms with van der Waals surface area (Å²) < 4.78 is 5.21. The first-order valence-electron chi connectivity index (χ1n) is 9.04. The van der Waals surface area contributed by atoms with Crippen molar-refractivity contribution in [2.24, 2.45) is 0 Å². The Hall–Kier alpha value is -3.45. The molecule has 0 aliphatic carbocycles. The lowest BCUT2D eigenvalue weighted by atomic mass is 10.2. The number of rotatable bonds is 8. The van der Waals surface area contributed by atoms with E-state index in [4.69, 9.17) is 4.74 Å². The molecule has 28 heavy (non-hydrogen) atoms. The number of ether oxygens (including phenoxy) is 1. The lowest BCUT2D eigenvalue weighted by molar-refractivity contribution is 0.0528. The van der Waals surface area contributed by atoms with Crippen LogP contribution in [-0.2, 0) is 4.74 Å². The maximum atomic E-state index is 12.6. The summed E-state index contributed by atoms with van der Waals surface area (Å²) in [5, 5.41) is 15.4. The zero-order valence-electron chi connectivity index (χ0n) is 15.6. The molecule has 1 heterocycles. The fourth-order valence-electron chi connectivity index (χ4n) is 2.62. The van der Waals surface area contributed by atoms with Crippen molar-refractivity contribution in [1.82, 2.24) is 9.97 Å². The van der Waals surface area contributed by atoms with Gasteiger partial charge in [0.05, 0.1) is 13.2 Å². The van der Waals surface area contributed by atoms with Gasteiger partial charge in [-0.1, -0.05) is 48.5 Å². The van der Waals surface area contributed by atoms with Gasteiger partial charge in [-0.05, 0) is 19.1 Å². The Bertz CT molecular complexity index is 918. The van der Waals surface area contributed by atoms with Crippen LogP contribution in [0.25, 0.3) is 11.4 Å². The maximum Gasteiger partial charge on any atom is 0.345 e. The van der Waals surface area contributed by atoms with Crippen LogP contribution in [0, 0.1) is 0 Å². The third-order valence-corrected chi connectivity index (χ3v) is 3.86. The summed E-state index contributed by atoms with van der Waals surface area (Å²) in [4.78, 5) is 21.7. The lowest BCUT2D eigenvalue weighted by Crippen LogP contribution is -2.17. The molecule has 7 heteroatoms. The number of aliphatic hydroxyl groups excluding tert-OH is 1. The van der Waals surface area contributed by atoms with Gasteiger partial charge in [-0.2, -0.15) is 0 Å². The number of esters is 1. The fraction of sp³-hybridized carbons (Fsp3) is 0.190. The maximum absolute atomic E-state index is 12.6. The molecule has 7 nitrogen and oxygen atoms in total. The van der Waals surface area contributed by atoms with Crippen molar-refractivity contribution in [2.75, 3.05) is 30.4 Å². The summed E-state index contributed by atoms with van der Waals surface area (Å²) >= 11 is 0. The number of anilines is 3. The Morgan fingerprint density at radius 2 is 1.64 bits per heavy atom. The minimum absolute atomic E-state index is 0.103. The molecule has 3 aromatic rings. The molecule has 0 aliphatic rings. The van der Waals surface area contributed by atoms with Crippen LogP contribution in [0.1, 0.15) is 17.3 Å². The normalized spacial score (nSPS) is 10.4. The number of nitrogens with one attached hydrogen (secondary N) is 2. The molecule has 0 saturated carbocycles. The minimum atomic E-state index is -0.541. The smallest absolute Gasteiger partial charge is 0.345 e. The van der Waals surface area contributed by atoms with Crippen LogP contribution >= 0.6 is 0 Å². The molecule has 1 aromatic heterocycles. The second kappa shape index (κ2) is 9.48. The highest BCUT2D eigenvalue weighted by Gasteiger charge is 2.23. The molecular weight excluding hydrogens is 356 g/mol. The summed E-state index contributed by atoms with van der Waals surface area (Å²) in [7, 11) is 0. The first-order valence-corrected chi connectivity index (χ1v) is 9.04. The van der Waals surface area contributed by atoms with Crippen molar-refractivity contribution in [3.8, 4) is 11.4 Å². The van der Waals surface area contributed by atoms with Crippen LogP contribution in [0.5, 0.6) is 0 Å². The van der Waals surface area contributed by atoms with E-state index >= 15 is 0 Å². The Morgan fingerprint density at radius 1 is 1.00 bits per heavy atom. The average Bonchev–Trinajstić information content (AvgIpc) is 2.73. The lowest BCUT2D eigenvalue weighted by Gasteiger charge is -2.16. The Balaban J connectivity index is 2.14. The van der Waals surface area contributed by atoms with Gasteiger partial charge >= 0.3 is 5.97 Å². The molecule has 0 saturated heterocycles. The highest BCUT2D eigenvalue weighted by molar-refractivity contribution is 6.01. The Labute approximate surface area is 163 Å². The molecule has 3 N–H and O–H groups in total. The zero-order valence-corrected chi connectivity index (χ0v) is 15.6. The Morgan fingerprint density at radius 3 is 2.29 bits per heavy atom. The zero-order chi connectivity index (χ0) is 19.8. The van der Waals surface area contributed by atoms with E-state index < -0.39 is 5.97 Å². The predicted octanol–water partition coefficient (Wildman–Crippen LogP) is 3.47. The average molecular weight is 378 g/mol. The molecule has 0 aliphatic heterocycles. The van der Waals surface area contributed by atoms with Crippen LogP contribution in [0.2, 0.25) is 0 Å². The van der Waals surface area contributed by atoms with Crippen LogP contribution < -0.4 is 10.6 Å². The van der Waals surface area contributed by atoms with E-state index in [1.165, 1.54) is 0 Å². The monoisotopic (exact) mass is 378 g/mol. The van der Waals surface area contributed by atoms with Gasteiger partial charge in [-0.15, -0.1) is 0 Å². The van der Waals surface area contributed by atoms with Gasteiger partial charge in [0, 0.05) is 17.8 Å². The van der Waals surface area contributed by atoms with E-state index in [2.05, 4.69) is 20.6 Å². The first-order chi connectivity index (χ1) is 13.7. The standard InChI is InChI=1S/C21H22N4O3/c1-2-28-21(27)17-19(22-13-14-26)24-18(15-9-5-3-6-10-15)25-20(17)23-16-11-7-4-8-12-16/h3-12,26H,2,13-14H2,1H3,(H2,22,23,24,25). The number of aliphatic hydroxyl groups is 1. The van der Waals surface area contributed by atoms with E-state index in [9.17, 15) is 9.90 Å². The topological polar surface area (TPSA) is 96.4 Å². The number of nitrogens with zero attached hydrogens (tertiary/aromatic N) is 2. The van der Waals surface area contributed by atoms with Crippen LogP contribution in [0.3, 0.4) is 0 Å². The van der Waals surface area contributed by atoms with Crippen molar-refractivity contribution in [2.45, 2.75) is 6.92 Å². The molecule has 0 atom stereocenters. The minimum Gasteiger partial charge on any atom is -0.462 e. The van der Waals surface area contributed by atoms with Crippen LogP contribution in [-0.4, -0.2) is 40.8 Å². The van der Waals surface area contributed by atoms with Gasteiger partial charge < -0.3 is 20.5 Å². The van der Waals surface area contributed by atoms with Gasteiger partial charge in [0.15, 0.2) is 11.6 Å². The molecular formula is C21H22N4O3. The van der Waals surface area contributed by atoms with Crippen molar-refractivity contribution in [1.29, 1.82) is 0 Å². The number of hydrogen-bond donors (Lipinski definition) is 3. The number of para-hydroxylation sites is 1. The molecule has 2 aromatic carbocycles. The molecule has 0 radical (unpaired) electrons. The van der Waals surface area contributed by atoms with Crippen LogP contribution in [0.15, 0.2) is 60.7 Å². The molecule has 3 rings (SSSR count). The quantitative estimate of drug-likeness (QED) is 0.517. The van der Waals surface area contributed by atoms with Crippen molar-refractivity contribution < 1.29 is 14.6 Å². The van der Waals surface area contributed by atoms with Gasteiger partial charge in [0.25, 0.3) is 0 Å². The number of hydrogen-bond acceptors (Lipinski definition) is 7. The third kappa shape index (κ3) is 4.63. The van der Waals surface area contributed by atoms with E-state index in [0.717, 1.165) is 11.3 Å². The number of carbonyl (C=O) groups is 1. The second-order valence-electron chi connectivity index (χ2n) is 5.85. The van der Waals surface area contributed by atoms with E-state index in [-0.39, 0.29) is 25.3 Å². The van der Waals surface area contributed by atoms with Gasteiger partial charge in [0.1, 0.15) is 11.4 Å². The predicted molar refractivity (Wildman–Crippen MR) is 109 cm³/mol. The number of aromatic nitrogens is 2. The van der Waals surface area contributed by atoms with Crippen molar-refractivity contribution in [3.63, 3.8) is 0 Å². The number of benzene rings is 2. The first kappa shape index (κ1) is 19.3. The van der Waals surface area contributed by atoms with E-state index in [1.54, 1.807) is 6.92 Å². The van der Waals surface area contributed by atoms with Gasteiger partial charge in [-0.3, -0.25) is 0 Å². The summed E-state index contributed by atoms with van der Waals surface area (Å²) in [6.45, 7) is 2.10. The SMILES string of the molecule is CCOC(=O)c1c(NCCO)nc(-c2ccccc2)nc1Nc1ccccc1. The Kier molecular flexibility index (Phi) is 6.54. The highest BCUT2D eigenvalue weighted by atomic mass is 16.5. The summed E-state index contributed by atoms with van der Waals surface area (Å²) in [6.07, 6.45) is 0. The van der Waals surface area contributed by atoms with Crippen LogP contribution in [0.4, 0.5) is 17.3 Å². The summed E-state index contributed by atoms with van der Waals surface area (Å²) in [5.41, 5.74) is 1.78. The second-order valence-corrected chi connectivity index (χ2v) is 5.85. The van der Waals surface area contributed by atoms with Gasteiger partial charge in [0.2, 0.25) is 0 Å². The van der Waals surface area contributed by atoms with Crippen molar-refractivity contribution in [3.05, 3.63) is 66.2 Å². The fourth-order valence-corrected chi connectivity index (χ4v) is 2.62. The molecule has 0 unspecified atom stereocenters. The molecule has 0 spiro atoms. The van der Waals surface area contributed by atoms with Crippen molar-refractivity contribution >= 4 is 23.3 Å². The highest BCUT2D eigenvalue weighted by Crippen LogP contribution is 2.29. The molecule has 0 amide bonds. The van der Waals surface area contributed by atoms with Gasteiger partial charge in [-0.25, -0.2) is 14.8 Å². The largest absolute Gasteiger partial charge is 0.462 e. The molecule has 0 fully saturated rings. The third-order valence-electron chi connectivity index (χ3n) is 3.86. The molecule has 0 bridgehead atoms. The van der Waals surface area contributed by atoms with E-state index in [0.29, 0.717) is 17.5 Å². The number of carbonyl (C=O) groups excluding carboxylic acids is 1.